The summed E-state index contributed by atoms with van der Waals surface area (Å²) in [4.78, 5) is 13.0. The number of carbonyl (C=O) groups is 1. The smallest absolute Gasteiger partial charge is 0.306 e. The molecule has 1 aromatic rings. The quantitative estimate of drug-likeness (QED) is 0.897. The van der Waals surface area contributed by atoms with Crippen LogP contribution in [-0.2, 0) is 11.3 Å². The van der Waals surface area contributed by atoms with Gasteiger partial charge in [-0.2, -0.15) is 0 Å². The Balaban J connectivity index is 1.91. The van der Waals surface area contributed by atoms with E-state index in [4.69, 9.17) is 5.11 Å². The molecule has 0 atom stereocenters. The van der Waals surface area contributed by atoms with Crippen molar-refractivity contribution in [1.82, 2.24) is 4.90 Å². The molecule has 0 saturated carbocycles. The summed E-state index contributed by atoms with van der Waals surface area (Å²) in [6.07, 6.45) is 1.37. The second kappa shape index (κ2) is 5.48. The first-order valence-electron chi connectivity index (χ1n) is 6.26. The van der Waals surface area contributed by atoms with E-state index in [1.165, 1.54) is 0 Å². The lowest BCUT2D eigenvalue weighted by Crippen LogP contribution is -2.35. The molecular weight excluding hydrogens is 233 g/mol. The monoisotopic (exact) mass is 251 g/mol. The third-order valence-electron chi connectivity index (χ3n) is 3.58. The van der Waals surface area contributed by atoms with E-state index in [9.17, 15) is 9.18 Å². The fourth-order valence-electron chi connectivity index (χ4n) is 2.33. The van der Waals surface area contributed by atoms with Crippen molar-refractivity contribution in [2.75, 3.05) is 13.1 Å². The van der Waals surface area contributed by atoms with E-state index in [1.807, 2.05) is 6.07 Å². The van der Waals surface area contributed by atoms with Crippen LogP contribution in [0.4, 0.5) is 4.39 Å². The average molecular weight is 251 g/mol. The fourth-order valence-corrected chi connectivity index (χ4v) is 2.33. The van der Waals surface area contributed by atoms with Crippen molar-refractivity contribution in [3.05, 3.63) is 35.1 Å². The molecule has 1 heterocycles. The van der Waals surface area contributed by atoms with Crippen LogP contribution in [0, 0.1) is 18.7 Å². The minimum absolute atomic E-state index is 0.173. The zero-order valence-corrected chi connectivity index (χ0v) is 10.5. The number of rotatable bonds is 3. The Labute approximate surface area is 106 Å². The van der Waals surface area contributed by atoms with E-state index < -0.39 is 5.97 Å². The molecule has 2 rings (SSSR count). The van der Waals surface area contributed by atoms with E-state index in [2.05, 4.69) is 4.90 Å². The number of hydrogen-bond donors (Lipinski definition) is 1. The maximum Gasteiger partial charge on any atom is 0.306 e. The zero-order chi connectivity index (χ0) is 13.1. The highest BCUT2D eigenvalue weighted by atomic mass is 19.1. The summed E-state index contributed by atoms with van der Waals surface area (Å²) in [6.45, 7) is 3.99. The minimum Gasteiger partial charge on any atom is -0.481 e. The Morgan fingerprint density at radius 2 is 2.11 bits per heavy atom. The van der Waals surface area contributed by atoms with E-state index in [1.54, 1.807) is 19.1 Å². The fraction of sp³-hybridized carbons (Fsp3) is 0.500. The van der Waals surface area contributed by atoms with Crippen LogP contribution in [0.5, 0.6) is 0 Å². The van der Waals surface area contributed by atoms with Gasteiger partial charge in [0.05, 0.1) is 5.92 Å². The molecule has 98 valence electrons. The first kappa shape index (κ1) is 13.0. The molecule has 0 spiro atoms. The van der Waals surface area contributed by atoms with Crippen molar-refractivity contribution in [2.45, 2.75) is 26.3 Å². The van der Waals surface area contributed by atoms with Gasteiger partial charge in [0.2, 0.25) is 0 Å². The Morgan fingerprint density at radius 1 is 1.44 bits per heavy atom. The first-order valence-corrected chi connectivity index (χ1v) is 6.26. The number of hydrogen-bond acceptors (Lipinski definition) is 2. The highest BCUT2D eigenvalue weighted by Gasteiger charge is 2.24. The molecule has 1 aromatic carbocycles. The predicted octanol–water partition coefficient (Wildman–Crippen LogP) is 2.43. The van der Waals surface area contributed by atoms with Crippen LogP contribution in [-0.4, -0.2) is 29.1 Å². The second-order valence-electron chi connectivity index (χ2n) is 4.97. The van der Waals surface area contributed by atoms with Crippen LogP contribution >= 0.6 is 0 Å². The largest absolute Gasteiger partial charge is 0.481 e. The van der Waals surface area contributed by atoms with Crippen molar-refractivity contribution in [3.63, 3.8) is 0 Å². The number of benzene rings is 1. The van der Waals surface area contributed by atoms with Crippen molar-refractivity contribution < 1.29 is 14.3 Å². The zero-order valence-electron chi connectivity index (χ0n) is 10.5. The van der Waals surface area contributed by atoms with Crippen LogP contribution in [0.15, 0.2) is 18.2 Å². The molecule has 1 aliphatic heterocycles. The lowest BCUT2D eigenvalue weighted by atomic mass is 9.97. The molecule has 1 N–H and O–H groups in total. The van der Waals surface area contributed by atoms with Crippen LogP contribution in [0.2, 0.25) is 0 Å². The van der Waals surface area contributed by atoms with Crippen molar-refractivity contribution in [3.8, 4) is 0 Å². The Hall–Kier alpha value is -1.42. The minimum atomic E-state index is -0.698. The molecule has 0 amide bonds. The topological polar surface area (TPSA) is 40.5 Å². The standard InChI is InChI=1S/C14H18FNO2/c1-10-2-3-11(8-13(10)15)9-16-6-4-12(5-7-16)14(17)18/h2-3,8,12H,4-7,9H2,1H3,(H,17,18). The van der Waals surface area contributed by atoms with Gasteiger partial charge in [-0.25, -0.2) is 4.39 Å². The van der Waals surface area contributed by atoms with Gasteiger partial charge in [-0.05, 0) is 50.0 Å². The molecule has 1 aliphatic rings. The van der Waals surface area contributed by atoms with E-state index in [-0.39, 0.29) is 11.7 Å². The number of aryl methyl sites for hydroxylation is 1. The maximum atomic E-state index is 13.4. The molecule has 0 aromatic heterocycles. The van der Waals surface area contributed by atoms with Gasteiger partial charge >= 0.3 is 5.97 Å². The van der Waals surface area contributed by atoms with Crippen LogP contribution in [0.3, 0.4) is 0 Å². The molecule has 3 nitrogen and oxygen atoms in total. The van der Waals surface area contributed by atoms with Gasteiger partial charge in [0.15, 0.2) is 0 Å². The van der Waals surface area contributed by atoms with Crippen LogP contribution in [0.1, 0.15) is 24.0 Å². The third-order valence-corrected chi connectivity index (χ3v) is 3.58. The molecular formula is C14H18FNO2. The second-order valence-corrected chi connectivity index (χ2v) is 4.97. The molecule has 0 unspecified atom stereocenters. The van der Waals surface area contributed by atoms with E-state index in [0.29, 0.717) is 24.9 Å². The van der Waals surface area contributed by atoms with E-state index >= 15 is 0 Å². The van der Waals surface area contributed by atoms with Gasteiger partial charge in [-0.3, -0.25) is 9.69 Å². The van der Waals surface area contributed by atoms with E-state index in [0.717, 1.165) is 18.7 Å². The van der Waals surface area contributed by atoms with Crippen LogP contribution in [0.25, 0.3) is 0 Å². The Morgan fingerprint density at radius 3 is 2.67 bits per heavy atom. The van der Waals surface area contributed by atoms with Gasteiger partial charge in [0, 0.05) is 6.54 Å². The van der Waals surface area contributed by atoms with Crippen molar-refractivity contribution >= 4 is 5.97 Å². The number of likely N-dealkylation sites (tertiary alicyclic amines) is 1. The molecule has 0 bridgehead atoms. The number of nitrogens with zero attached hydrogens (tertiary/aromatic N) is 1. The molecule has 1 fully saturated rings. The van der Waals surface area contributed by atoms with Gasteiger partial charge in [0.25, 0.3) is 0 Å². The summed E-state index contributed by atoms with van der Waals surface area (Å²) < 4.78 is 13.4. The Kier molecular flexibility index (Phi) is 3.97. The predicted molar refractivity (Wildman–Crippen MR) is 66.8 cm³/mol. The summed E-state index contributed by atoms with van der Waals surface area (Å²) in [6, 6.07) is 5.29. The first-order chi connectivity index (χ1) is 8.56. The lowest BCUT2D eigenvalue weighted by molar-refractivity contribution is -0.143. The van der Waals surface area contributed by atoms with Crippen molar-refractivity contribution in [1.29, 1.82) is 0 Å². The summed E-state index contributed by atoms with van der Waals surface area (Å²) in [5, 5.41) is 8.91. The van der Waals surface area contributed by atoms with Gasteiger partial charge < -0.3 is 5.11 Å². The molecule has 18 heavy (non-hydrogen) atoms. The summed E-state index contributed by atoms with van der Waals surface area (Å²) in [7, 11) is 0. The van der Waals surface area contributed by atoms with Crippen LogP contribution < -0.4 is 0 Å². The average Bonchev–Trinajstić information content (AvgIpc) is 2.34. The molecule has 0 aliphatic carbocycles. The highest BCUT2D eigenvalue weighted by molar-refractivity contribution is 5.70. The normalized spacial score (nSPS) is 17.9. The lowest BCUT2D eigenvalue weighted by Gasteiger charge is -2.30. The summed E-state index contributed by atoms with van der Waals surface area (Å²) in [5.74, 6) is -1.08. The molecule has 4 heteroatoms. The van der Waals surface area contributed by atoms with Crippen molar-refractivity contribution in [2.24, 2.45) is 5.92 Å². The maximum absolute atomic E-state index is 13.4. The molecule has 0 radical (unpaired) electrons. The Bertz CT molecular complexity index is 439. The molecule has 1 saturated heterocycles. The number of carboxylic acids is 1. The van der Waals surface area contributed by atoms with Gasteiger partial charge in [-0.15, -0.1) is 0 Å². The third kappa shape index (κ3) is 3.07. The summed E-state index contributed by atoms with van der Waals surface area (Å²) in [5.41, 5.74) is 1.61. The van der Waals surface area contributed by atoms with Gasteiger partial charge in [-0.1, -0.05) is 12.1 Å². The highest BCUT2D eigenvalue weighted by Crippen LogP contribution is 2.19. The number of piperidine rings is 1. The SMILES string of the molecule is Cc1ccc(CN2CCC(C(=O)O)CC2)cc1F. The number of aliphatic carboxylic acids is 1. The van der Waals surface area contributed by atoms with Gasteiger partial charge in [0.1, 0.15) is 5.82 Å². The summed E-state index contributed by atoms with van der Waals surface area (Å²) >= 11 is 0. The number of halogens is 1. The number of carboxylic acid groups (broad SMARTS) is 1.